The van der Waals surface area contributed by atoms with Crippen LogP contribution in [0.25, 0.3) is 0 Å². The highest BCUT2D eigenvalue weighted by molar-refractivity contribution is 6.38. The fourth-order valence-corrected chi connectivity index (χ4v) is 1.09. The van der Waals surface area contributed by atoms with Crippen LogP contribution in [-0.4, -0.2) is 0 Å². The van der Waals surface area contributed by atoms with Gasteiger partial charge in [0.25, 0.3) is 0 Å². The quantitative estimate of drug-likeness (QED) is 0.577. The van der Waals surface area contributed by atoms with Gasteiger partial charge in [-0.15, -0.1) is 0 Å². The predicted octanol–water partition coefficient (Wildman–Crippen LogP) is 3.65. The van der Waals surface area contributed by atoms with Crippen LogP contribution in [0.3, 0.4) is 0 Å². The van der Waals surface area contributed by atoms with Crippen molar-refractivity contribution in [3.8, 4) is 0 Å². The van der Waals surface area contributed by atoms with Crippen molar-refractivity contribution in [2.75, 3.05) is 0 Å². The van der Waals surface area contributed by atoms with Crippen molar-refractivity contribution in [3.05, 3.63) is 33.2 Å². The second-order valence-corrected chi connectivity index (χ2v) is 2.45. The third-order valence-corrected chi connectivity index (χ3v) is 1.23. The number of hydrogen-bond donors (Lipinski definition) is 0. The van der Waals surface area contributed by atoms with E-state index in [9.17, 15) is 0 Å². The van der Waals surface area contributed by atoms with Crippen LogP contribution in [0, 0.1) is 0 Å². The zero-order chi connectivity index (χ0) is 9.46. The first kappa shape index (κ1) is 4.07. The Labute approximate surface area is 72.6 Å². The third-order valence-electron chi connectivity index (χ3n) is 0.658. The van der Waals surface area contributed by atoms with Crippen molar-refractivity contribution in [2.45, 2.75) is 0 Å². The van der Waals surface area contributed by atoms with Crippen molar-refractivity contribution in [2.24, 2.45) is 0 Å². The molecule has 0 aliphatic heterocycles. The van der Waals surface area contributed by atoms with Gasteiger partial charge in [0.2, 0.25) is 0 Å². The summed E-state index contributed by atoms with van der Waals surface area (Å²) in [6.07, 6.45) is 0. The van der Waals surface area contributed by atoms with Gasteiger partial charge >= 0.3 is 0 Å². The van der Waals surface area contributed by atoms with E-state index in [4.69, 9.17) is 38.9 Å². The molecule has 0 aromatic heterocycles. The maximum atomic E-state index is 7.26. The van der Waals surface area contributed by atoms with Crippen LogP contribution >= 0.6 is 34.8 Å². The Kier molecular flexibility index (Phi) is 1.26. The second kappa shape index (κ2) is 2.78. The molecular weight excluding hydrogens is 178 g/mol. The van der Waals surface area contributed by atoms with E-state index in [-0.39, 0.29) is 33.2 Å². The van der Waals surface area contributed by atoms with Gasteiger partial charge in [-0.1, -0.05) is 34.8 Å². The van der Waals surface area contributed by atoms with Crippen LogP contribution in [0.4, 0.5) is 0 Å². The maximum absolute atomic E-state index is 7.26. The highest BCUT2D eigenvalue weighted by Crippen LogP contribution is 2.21. The molecule has 1 rings (SSSR count). The Morgan fingerprint density at radius 1 is 0.889 bits per heavy atom. The maximum Gasteiger partial charge on any atom is 0.0654 e. The van der Waals surface area contributed by atoms with Crippen molar-refractivity contribution >= 4 is 34.8 Å². The SMILES string of the molecule is [2H]c1c(Cl)c([2H])c(Cl)c([2H])c1Cl. The number of rotatable bonds is 0. The lowest BCUT2D eigenvalue weighted by Crippen LogP contribution is -1.65. The third kappa shape index (κ3) is 2.05. The standard InChI is InChI=1S/C6H3Cl3/c7-4-1-5(8)3-6(9)2-4/h1-3H/i1D,2D,3D. The van der Waals surface area contributed by atoms with E-state index in [1.807, 2.05) is 0 Å². The summed E-state index contributed by atoms with van der Waals surface area (Å²) in [5, 5.41) is -0.372. The van der Waals surface area contributed by atoms with Gasteiger partial charge in [0.15, 0.2) is 0 Å². The lowest BCUT2D eigenvalue weighted by Gasteiger charge is -1.91. The predicted molar refractivity (Wildman–Crippen MR) is 41.5 cm³/mol. The smallest absolute Gasteiger partial charge is 0.0654 e. The summed E-state index contributed by atoms with van der Waals surface area (Å²) < 4.78 is 21.8. The van der Waals surface area contributed by atoms with E-state index in [0.29, 0.717) is 0 Å². The molecule has 3 heteroatoms. The summed E-state index contributed by atoms with van der Waals surface area (Å²) in [7, 11) is 0. The Morgan fingerprint density at radius 3 is 1.33 bits per heavy atom. The molecule has 0 saturated heterocycles. The largest absolute Gasteiger partial charge is 0.0842 e. The normalized spacial score (nSPS) is 14.3. The van der Waals surface area contributed by atoms with Crippen LogP contribution in [0.1, 0.15) is 4.11 Å². The molecule has 1 aromatic carbocycles. The van der Waals surface area contributed by atoms with E-state index < -0.39 is 0 Å². The zero-order valence-electron chi connectivity index (χ0n) is 7.13. The van der Waals surface area contributed by atoms with Gasteiger partial charge in [-0.2, -0.15) is 0 Å². The Morgan fingerprint density at radius 2 is 1.11 bits per heavy atom. The minimum Gasteiger partial charge on any atom is -0.0842 e. The van der Waals surface area contributed by atoms with E-state index in [2.05, 4.69) is 0 Å². The highest BCUT2D eigenvalue weighted by Gasteiger charge is 1.92. The minimum atomic E-state index is -0.224. The topological polar surface area (TPSA) is 0 Å². The van der Waals surface area contributed by atoms with Crippen molar-refractivity contribution < 1.29 is 4.11 Å². The zero-order valence-corrected chi connectivity index (χ0v) is 6.40. The minimum absolute atomic E-state index is 0.124. The summed E-state index contributed by atoms with van der Waals surface area (Å²) in [5.41, 5.74) is 0. The molecular formula is C6H3Cl3. The van der Waals surface area contributed by atoms with Crippen molar-refractivity contribution in [1.82, 2.24) is 0 Å². The number of halogens is 3. The summed E-state index contributed by atoms with van der Waals surface area (Å²) in [6.45, 7) is 0. The molecule has 48 valence electrons. The molecule has 0 amide bonds. The van der Waals surface area contributed by atoms with Gasteiger partial charge in [0.1, 0.15) is 0 Å². The molecule has 0 saturated carbocycles. The fraction of sp³-hybridized carbons (Fsp3) is 0. The van der Waals surface area contributed by atoms with Gasteiger partial charge in [-0.3, -0.25) is 0 Å². The van der Waals surface area contributed by atoms with Gasteiger partial charge in [-0.05, 0) is 18.1 Å². The monoisotopic (exact) mass is 183 g/mol. The summed E-state index contributed by atoms with van der Waals surface area (Å²) in [6, 6.07) is -0.673. The average Bonchev–Trinajstić information content (AvgIpc) is 2.08. The summed E-state index contributed by atoms with van der Waals surface area (Å²) in [4.78, 5) is 0. The van der Waals surface area contributed by atoms with Gasteiger partial charge < -0.3 is 0 Å². The molecule has 0 heterocycles. The Balaban J connectivity index is 3.60. The molecule has 9 heavy (non-hydrogen) atoms. The van der Waals surface area contributed by atoms with Crippen molar-refractivity contribution in [3.63, 3.8) is 0 Å². The van der Waals surface area contributed by atoms with Crippen LogP contribution in [0.2, 0.25) is 15.1 Å². The molecule has 0 atom stereocenters. The van der Waals surface area contributed by atoms with E-state index >= 15 is 0 Å². The molecule has 0 nitrogen and oxygen atoms in total. The van der Waals surface area contributed by atoms with Crippen LogP contribution in [-0.2, 0) is 0 Å². The first-order valence-corrected chi connectivity index (χ1v) is 3.20. The molecule has 1 aromatic rings. The lowest BCUT2D eigenvalue weighted by atomic mass is 10.4. The highest BCUT2D eigenvalue weighted by atomic mass is 35.5. The van der Waals surface area contributed by atoms with Crippen LogP contribution in [0.15, 0.2) is 18.1 Å². The Bertz CT molecular complexity index is 232. The lowest BCUT2D eigenvalue weighted by molar-refractivity contribution is 1.70. The molecule has 0 radical (unpaired) electrons. The van der Waals surface area contributed by atoms with Gasteiger partial charge in [0.05, 0.1) is 4.11 Å². The van der Waals surface area contributed by atoms with Crippen molar-refractivity contribution in [1.29, 1.82) is 0 Å². The number of benzene rings is 1. The molecule has 0 unspecified atom stereocenters. The Hall–Kier alpha value is 0.0900. The summed E-state index contributed by atoms with van der Waals surface area (Å²) >= 11 is 16.6. The second-order valence-electron chi connectivity index (χ2n) is 1.32. The molecule has 0 spiro atoms. The summed E-state index contributed by atoms with van der Waals surface area (Å²) in [5.74, 6) is 0. The first-order valence-electron chi connectivity index (χ1n) is 3.57. The molecule has 0 fully saturated rings. The van der Waals surface area contributed by atoms with E-state index in [1.54, 1.807) is 0 Å². The van der Waals surface area contributed by atoms with E-state index in [1.165, 1.54) is 0 Å². The van der Waals surface area contributed by atoms with E-state index in [0.717, 1.165) is 0 Å². The first-order chi connectivity index (χ1) is 5.46. The van der Waals surface area contributed by atoms with Gasteiger partial charge in [-0.25, -0.2) is 0 Å². The van der Waals surface area contributed by atoms with Crippen LogP contribution < -0.4 is 0 Å². The molecule has 0 aliphatic carbocycles. The molecule has 0 aliphatic rings. The number of hydrogen-bond acceptors (Lipinski definition) is 0. The van der Waals surface area contributed by atoms with Gasteiger partial charge in [0, 0.05) is 15.1 Å². The average molecular weight is 184 g/mol. The molecule has 0 bridgehead atoms. The fourth-order valence-electron chi connectivity index (χ4n) is 0.383. The van der Waals surface area contributed by atoms with Crippen LogP contribution in [0.5, 0.6) is 0 Å². The molecule has 0 N–H and O–H groups in total.